The lowest BCUT2D eigenvalue weighted by molar-refractivity contribution is 0.0637. The van der Waals surface area contributed by atoms with Gasteiger partial charge in [-0.3, -0.25) is 9.48 Å². The molecule has 0 radical (unpaired) electrons. The second-order valence-electron chi connectivity index (χ2n) is 5.33. The Kier molecular flexibility index (Phi) is 2.81. The van der Waals surface area contributed by atoms with Gasteiger partial charge in [0.05, 0.1) is 11.7 Å². The molecule has 2 aromatic heterocycles. The molecule has 20 heavy (non-hydrogen) atoms. The summed E-state index contributed by atoms with van der Waals surface area (Å²) in [5.74, 6) is -0.0966. The molecule has 3 heterocycles. The molecular formula is C14H19N5O. The number of fused-ring (bicyclic) bond motifs is 1. The van der Waals surface area contributed by atoms with Gasteiger partial charge in [0.25, 0.3) is 5.91 Å². The molecule has 1 aliphatic heterocycles. The van der Waals surface area contributed by atoms with Gasteiger partial charge < -0.3 is 15.2 Å². The van der Waals surface area contributed by atoms with Gasteiger partial charge in [-0.2, -0.15) is 5.10 Å². The van der Waals surface area contributed by atoms with Crippen LogP contribution in [-0.2, 0) is 13.6 Å². The first-order valence-electron chi connectivity index (χ1n) is 6.75. The first-order chi connectivity index (χ1) is 9.49. The molecule has 0 saturated carbocycles. The molecule has 1 unspecified atom stereocenters. The Morgan fingerprint density at radius 1 is 1.40 bits per heavy atom. The minimum Gasteiger partial charge on any atom is -0.396 e. The lowest BCUT2D eigenvalue weighted by Gasteiger charge is -2.35. The zero-order chi connectivity index (χ0) is 14.4. The summed E-state index contributed by atoms with van der Waals surface area (Å²) in [5, 5.41) is 4.17. The molecule has 6 nitrogen and oxygen atoms in total. The van der Waals surface area contributed by atoms with Crippen molar-refractivity contribution in [3.8, 4) is 0 Å². The van der Waals surface area contributed by atoms with Crippen LogP contribution in [0.15, 0.2) is 18.3 Å². The smallest absolute Gasteiger partial charge is 0.277 e. The van der Waals surface area contributed by atoms with Gasteiger partial charge in [-0.15, -0.1) is 0 Å². The van der Waals surface area contributed by atoms with E-state index < -0.39 is 0 Å². The van der Waals surface area contributed by atoms with Gasteiger partial charge in [-0.05, 0) is 26.0 Å². The zero-order valence-electron chi connectivity index (χ0n) is 12.0. The monoisotopic (exact) mass is 273 g/mol. The minimum absolute atomic E-state index is 0.0337. The maximum Gasteiger partial charge on any atom is 0.277 e. The summed E-state index contributed by atoms with van der Waals surface area (Å²) in [4.78, 5) is 14.5. The fourth-order valence-corrected chi connectivity index (χ4v) is 2.91. The predicted octanol–water partition coefficient (Wildman–Crippen LogP) is 1.33. The highest BCUT2D eigenvalue weighted by Gasteiger charge is 2.31. The molecule has 0 saturated heterocycles. The van der Waals surface area contributed by atoms with E-state index in [4.69, 9.17) is 5.73 Å². The summed E-state index contributed by atoms with van der Waals surface area (Å²) in [6.45, 7) is 5.63. The summed E-state index contributed by atoms with van der Waals surface area (Å²) >= 11 is 0. The molecule has 6 heteroatoms. The number of rotatable bonds is 1. The second kappa shape index (κ2) is 4.40. The van der Waals surface area contributed by atoms with Crippen molar-refractivity contribution >= 4 is 11.6 Å². The highest BCUT2D eigenvalue weighted by Crippen LogP contribution is 2.29. The molecule has 0 spiro atoms. The van der Waals surface area contributed by atoms with Gasteiger partial charge in [0.2, 0.25) is 0 Å². The zero-order valence-corrected chi connectivity index (χ0v) is 12.0. The average molecular weight is 273 g/mol. The highest BCUT2D eigenvalue weighted by atomic mass is 16.2. The molecule has 106 valence electrons. The molecule has 0 aliphatic carbocycles. The van der Waals surface area contributed by atoms with Crippen molar-refractivity contribution in [2.24, 2.45) is 7.05 Å². The number of aryl methyl sites for hydroxylation is 2. The number of hydrogen-bond acceptors (Lipinski definition) is 3. The van der Waals surface area contributed by atoms with Crippen LogP contribution in [0.2, 0.25) is 0 Å². The molecule has 0 fully saturated rings. The van der Waals surface area contributed by atoms with E-state index in [-0.39, 0.29) is 11.9 Å². The third-order valence-electron chi connectivity index (χ3n) is 4.01. The second-order valence-corrected chi connectivity index (χ2v) is 5.33. The van der Waals surface area contributed by atoms with Crippen LogP contribution in [0.25, 0.3) is 0 Å². The molecular weight excluding hydrogens is 254 g/mol. The third-order valence-corrected chi connectivity index (χ3v) is 4.01. The van der Waals surface area contributed by atoms with Gasteiger partial charge in [0.15, 0.2) is 5.69 Å². The molecule has 2 N–H and O–H groups in total. The topological polar surface area (TPSA) is 69.1 Å². The lowest BCUT2D eigenvalue weighted by atomic mass is 10.1. The standard InChI is InChI=1S/C14H19N5O/c1-9-4-5-12-10(2)19(7-6-18(9)12)14(20)13-11(15)8-17(3)16-13/h4-5,8,10H,6-7,15H2,1-3H3. The van der Waals surface area contributed by atoms with Crippen LogP contribution in [0.3, 0.4) is 0 Å². The summed E-state index contributed by atoms with van der Waals surface area (Å²) in [6.07, 6.45) is 1.66. The Morgan fingerprint density at radius 2 is 2.15 bits per heavy atom. The van der Waals surface area contributed by atoms with Gasteiger partial charge in [-0.1, -0.05) is 0 Å². The number of aromatic nitrogens is 3. The van der Waals surface area contributed by atoms with Crippen LogP contribution >= 0.6 is 0 Å². The number of anilines is 1. The van der Waals surface area contributed by atoms with Gasteiger partial charge in [-0.25, -0.2) is 0 Å². The van der Waals surface area contributed by atoms with E-state index in [2.05, 4.69) is 28.7 Å². The van der Waals surface area contributed by atoms with E-state index in [1.807, 2.05) is 11.8 Å². The minimum atomic E-state index is -0.0966. The maximum absolute atomic E-state index is 12.6. The van der Waals surface area contributed by atoms with Gasteiger partial charge in [0, 0.05) is 37.7 Å². The van der Waals surface area contributed by atoms with Crippen LogP contribution in [0.5, 0.6) is 0 Å². The van der Waals surface area contributed by atoms with Crippen LogP contribution < -0.4 is 5.73 Å². The van der Waals surface area contributed by atoms with Crippen LogP contribution in [-0.4, -0.2) is 31.7 Å². The van der Waals surface area contributed by atoms with E-state index in [1.54, 1.807) is 17.9 Å². The van der Waals surface area contributed by atoms with Crippen molar-refractivity contribution in [3.05, 3.63) is 35.4 Å². The van der Waals surface area contributed by atoms with Crippen molar-refractivity contribution in [2.75, 3.05) is 12.3 Å². The number of hydrogen-bond donors (Lipinski definition) is 1. The van der Waals surface area contributed by atoms with E-state index >= 15 is 0 Å². The number of nitrogens with zero attached hydrogens (tertiary/aromatic N) is 4. The fourth-order valence-electron chi connectivity index (χ4n) is 2.91. The fraction of sp³-hybridized carbons (Fsp3) is 0.429. The number of nitrogen functional groups attached to an aromatic ring is 1. The Hall–Kier alpha value is -2.24. The van der Waals surface area contributed by atoms with Crippen molar-refractivity contribution in [1.82, 2.24) is 19.2 Å². The van der Waals surface area contributed by atoms with E-state index in [9.17, 15) is 4.79 Å². The van der Waals surface area contributed by atoms with Crippen molar-refractivity contribution < 1.29 is 4.79 Å². The summed E-state index contributed by atoms with van der Waals surface area (Å²) in [7, 11) is 1.77. The van der Waals surface area contributed by atoms with E-state index in [0.717, 1.165) is 12.2 Å². The van der Waals surface area contributed by atoms with Gasteiger partial charge in [0.1, 0.15) is 0 Å². The molecule has 0 aromatic carbocycles. The summed E-state index contributed by atoms with van der Waals surface area (Å²) in [6, 6.07) is 4.21. The van der Waals surface area contributed by atoms with Crippen molar-refractivity contribution in [1.29, 1.82) is 0 Å². The molecule has 0 bridgehead atoms. The number of carbonyl (C=O) groups is 1. The van der Waals surface area contributed by atoms with Crippen LogP contribution in [0, 0.1) is 6.92 Å². The van der Waals surface area contributed by atoms with Crippen LogP contribution in [0.4, 0.5) is 5.69 Å². The molecule has 2 aromatic rings. The normalized spacial score (nSPS) is 18.1. The average Bonchev–Trinajstić information content (AvgIpc) is 2.93. The Bertz CT molecular complexity index is 669. The van der Waals surface area contributed by atoms with E-state index in [0.29, 0.717) is 17.9 Å². The number of nitrogens with two attached hydrogens (primary N) is 1. The predicted molar refractivity (Wildman–Crippen MR) is 76.2 cm³/mol. The number of amides is 1. The largest absolute Gasteiger partial charge is 0.396 e. The Morgan fingerprint density at radius 3 is 2.80 bits per heavy atom. The lowest BCUT2D eigenvalue weighted by Crippen LogP contribution is -2.41. The van der Waals surface area contributed by atoms with Crippen molar-refractivity contribution in [2.45, 2.75) is 26.4 Å². The summed E-state index contributed by atoms with van der Waals surface area (Å²) < 4.78 is 3.83. The maximum atomic E-state index is 12.6. The van der Waals surface area contributed by atoms with Crippen molar-refractivity contribution in [3.63, 3.8) is 0 Å². The molecule has 1 amide bonds. The first-order valence-corrected chi connectivity index (χ1v) is 6.75. The quantitative estimate of drug-likeness (QED) is 0.852. The SMILES string of the molecule is Cc1ccc2n1CCN(C(=O)c1nn(C)cc1N)C2C. The Labute approximate surface area is 117 Å². The molecule has 1 aliphatic rings. The molecule has 3 rings (SSSR count). The van der Waals surface area contributed by atoms with Gasteiger partial charge >= 0.3 is 0 Å². The first kappa shape index (κ1) is 12.8. The number of carbonyl (C=O) groups excluding carboxylic acids is 1. The summed E-state index contributed by atoms with van der Waals surface area (Å²) in [5.41, 5.74) is 9.03. The van der Waals surface area contributed by atoms with E-state index in [1.165, 1.54) is 5.69 Å². The van der Waals surface area contributed by atoms with Crippen LogP contribution in [0.1, 0.15) is 34.8 Å². The highest BCUT2D eigenvalue weighted by molar-refractivity contribution is 5.97. The third kappa shape index (κ3) is 1.79. The Balaban J connectivity index is 1.93. The molecule has 1 atom stereocenters.